The van der Waals surface area contributed by atoms with Crippen molar-refractivity contribution in [1.29, 1.82) is 5.53 Å². The average molecular weight is 881 g/mol. The molecule has 4 aromatic rings. The molecule has 1 saturated heterocycles. The number of fused-ring (bicyclic) bond motifs is 3. The van der Waals surface area contributed by atoms with Crippen LogP contribution in [-0.2, 0) is 27.1 Å². The maximum absolute atomic E-state index is 13.2. The number of thiophene rings is 1. The molecular weight excluding hydrogens is 829 g/mol. The lowest BCUT2D eigenvalue weighted by Crippen LogP contribution is -2.47. The molecule has 0 atom stereocenters. The Balaban J connectivity index is -0.000000125. The molecule has 1 fully saturated rings. The van der Waals surface area contributed by atoms with Crippen LogP contribution in [0, 0.1) is 149 Å². The van der Waals surface area contributed by atoms with Gasteiger partial charge in [0.25, 0.3) is 0 Å². The van der Waals surface area contributed by atoms with E-state index in [2.05, 4.69) is 186 Å². The molecule has 0 bridgehead atoms. The third kappa shape index (κ3) is 15.8. The molecule has 0 aliphatic carbocycles. The number of benzene rings is 1. The van der Waals surface area contributed by atoms with Crippen molar-refractivity contribution < 1.29 is 39.7 Å². The summed E-state index contributed by atoms with van der Waals surface area (Å²) in [6, 6.07) is 7.77. The van der Waals surface area contributed by atoms with Crippen molar-refractivity contribution in [3.63, 3.8) is 0 Å². The number of methoxy groups -OCH3 is 1. The topological polar surface area (TPSA) is 186 Å². The van der Waals surface area contributed by atoms with E-state index in [1.165, 1.54) is 15.7 Å². The highest BCUT2D eigenvalue weighted by atomic mass is 32.1. The Morgan fingerprint density at radius 2 is 1.50 bits per heavy atom. The lowest BCUT2D eigenvalue weighted by molar-refractivity contribution is -0.478. The molecule has 0 unspecified atom stereocenters. The predicted octanol–water partition coefficient (Wildman–Crippen LogP) is 6.37. The Morgan fingerprint density at radius 1 is 0.968 bits per heavy atom. The molecule has 4 heterocycles. The molecule has 18 heteroatoms. The van der Waals surface area contributed by atoms with E-state index in [0.29, 0.717) is 12.2 Å². The van der Waals surface area contributed by atoms with Crippen LogP contribution < -0.4 is 15.7 Å². The Hall–Kier alpha value is -8.36. The highest BCUT2D eigenvalue weighted by Crippen LogP contribution is 2.33. The van der Waals surface area contributed by atoms with E-state index in [1.807, 2.05) is 24.3 Å². The fourth-order valence-corrected chi connectivity index (χ4v) is 6.00. The minimum Gasteiger partial charge on any atom is -0.497 e. The van der Waals surface area contributed by atoms with Crippen molar-refractivity contribution in [2.24, 2.45) is 21.1 Å². The van der Waals surface area contributed by atoms with Crippen LogP contribution >= 0.6 is 24.2 Å². The molecule has 5 rings (SSSR count). The molecule has 326 valence electrons. The molecule has 3 N–H and O–H groups in total. The number of nitrogens with zero attached hydrogens (tertiary/aromatic N) is 8. The van der Waals surface area contributed by atoms with Crippen molar-refractivity contribution in [3.05, 3.63) is 57.1 Å². The maximum Gasteiger partial charge on any atom is 0.352 e. The van der Waals surface area contributed by atoms with E-state index >= 15 is 0 Å². The maximum atomic E-state index is 13.2. The van der Waals surface area contributed by atoms with E-state index in [0.717, 1.165) is 53.4 Å². The smallest absolute Gasteiger partial charge is 0.352 e. The number of nitrogens with one attached hydrogen (secondary N) is 2. The van der Waals surface area contributed by atoms with Gasteiger partial charge in [-0.25, -0.2) is 15.0 Å². The summed E-state index contributed by atoms with van der Waals surface area (Å²) in [5, 5.41) is 24.6. The van der Waals surface area contributed by atoms with E-state index in [1.54, 1.807) is 23.0 Å². The molecule has 62 heavy (non-hydrogen) atoms. The monoisotopic (exact) mass is 880 g/mol. The summed E-state index contributed by atoms with van der Waals surface area (Å²) in [7, 11) is 1.64. The first-order chi connectivity index (χ1) is 30.2. The van der Waals surface area contributed by atoms with E-state index in [4.69, 9.17) is 33.1 Å². The summed E-state index contributed by atoms with van der Waals surface area (Å²) in [5.41, 5.74) is 8.87. The van der Waals surface area contributed by atoms with Gasteiger partial charge in [0.1, 0.15) is 16.9 Å². The molecule has 3 aromatic heterocycles. The zero-order chi connectivity index (χ0) is 44.8. The second kappa shape index (κ2) is 27.4. The largest absolute Gasteiger partial charge is 0.497 e. The second-order valence-corrected chi connectivity index (χ2v) is 12.9. The van der Waals surface area contributed by atoms with Gasteiger partial charge in [-0.3, -0.25) is 4.57 Å². The number of hydrogen-bond donors (Lipinski definition) is 4. The lowest BCUT2D eigenvalue weighted by atomic mass is 9.89. The first kappa shape index (κ1) is 48.0. The van der Waals surface area contributed by atoms with E-state index in [9.17, 15) is 4.79 Å². The number of thiol groups is 1. The standard InChI is InChI=1S/C22H25N5O3S.C22H2.H3N5O3S.11H2/c1-14-17(8-23-10-22(2)11-30-12-22)31-20-18(14)19-24-13-25-27(19)21(28)26(20)9-15-4-6-16(29-3)7-5-15;1-3-5-7-9-11-13-15-17-19-21-22-20-18-16-14-12-10-8-6-4-2;1-2-3-4-5(7-6)8-9;;;;;;;;;;;/h4-7,13,23H,8-12H2,1-3H3;1-2H;1,6,9H;11*1H/b;;2-1?,4-3+;;;;;;;;;;;. The Kier molecular flexibility index (Phi) is 21.2. The molecule has 1 aromatic carbocycles. The minimum atomic E-state index is -0.185. The normalized spacial score (nSPS) is 10.5. The van der Waals surface area contributed by atoms with Crippen LogP contribution in [-0.4, -0.2) is 56.6 Å². The summed E-state index contributed by atoms with van der Waals surface area (Å²) in [6.45, 7) is 8.03. The first-order valence-corrected chi connectivity index (χ1v) is 18.3. The van der Waals surface area contributed by atoms with Gasteiger partial charge in [-0.2, -0.15) is 19.4 Å². The zero-order valence-corrected chi connectivity index (χ0v) is 34.7. The van der Waals surface area contributed by atoms with Crippen LogP contribution in [0.5, 0.6) is 5.75 Å². The van der Waals surface area contributed by atoms with E-state index < -0.39 is 0 Å². The quantitative estimate of drug-likeness (QED) is 0.0330. The Bertz CT molecular complexity index is 2980. The molecular formula is C44H52N10O6S2. The molecule has 0 saturated carbocycles. The summed E-state index contributed by atoms with van der Waals surface area (Å²) >= 11 is 4.80. The van der Waals surface area contributed by atoms with Crippen molar-refractivity contribution in [1.82, 2.24) is 29.8 Å². The molecule has 0 spiro atoms. The molecule has 16 nitrogen and oxygen atoms in total. The molecule has 1 aliphatic rings. The Morgan fingerprint density at radius 3 is 1.94 bits per heavy atom. The molecule has 0 radical (unpaired) electrons. The highest BCUT2D eigenvalue weighted by Gasteiger charge is 2.32. The van der Waals surface area contributed by atoms with Crippen LogP contribution in [0.3, 0.4) is 0 Å². The average Bonchev–Trinajstić information content (AvgIpc) is 3.90. The van der Waals surface area contributed by atoms with Crippen molar-refractivity contribution in [2.75, 3.05) is 26.9 Å². The molecule has 0 amide bonds. The fourth-order valence-electron chi connectivity index (χ4n) is 4.68. The van der Waals surface area contributed by atoms with Gasteiger partial charge in [-0.05, 0) is 135 Å². The van der Waals surface area contributed by atoms with Crippen LogP contribution in [0.2, 0.25) is 0 Å². The minimum absolute atomic E-state index is 0. The van der Waals surface area contributed by atoms with Gasteiger partial charge in [0.2, 0.25) is 0 Å². The van der Waals surface area contributed by atoms with Crippen LogP contribution in [0.25, 0.3) is 15.9 Å². The number of ether oxygens (including phenoxy) is 2. The van der Waals surface area contributed by atoms with Gasteiger partial charge in [0.05, 0.1) is 32.3 Å². The van der Waals surface area contributed by atoms with Gasteiger partial charge >= 0.3 is 5.69 Å². The number of rotatable bonds is 11. The van der Waals surface area contributed by atoms with Crippen molar-refractivity contribution in [3.8, 4) is 137 Å². The van der Waals surface area contributed by atoms with Gasteiger partial charge < -0.3 is 14.8 Å². The highest BCUT2D eigenvalue weighted by molar-refractivity contribution is 7.75. The number of aryl methyl sites for hydroxylation is 1. The number of terminal acetylenes is 2. The third-order valence-electron chi connectivity index (χ3n) is 7.40. The van der Waals surface area contributed by atoms with Crippen LogP contribution in [0.15, 0.2) is 51.1 Å². The SMILES string of the molecule is C#CC#CC#CC#CC#CC#CC#CC#CC#CC#CC#C.COc1ccc(Cn2c(=O)n3ncnc3c3c(C)c(CNCC4(C)COC4)sc32)cc1.N=N/N=N/N(OO)OS.[HH].[HH].[HH].[HH].[HH].[HH].[HH].[HH].[HH].[HH].[HH]. The van der Waals surface area contributed by atoms with Gasteiger partial charge in [0, 0.05) is 86.2 Å². The number of hydrogen-bond acceptors (Lipinski definition) is 13. The summed E-state index contributed by atoms with van der Waals surface area (Å²) in [5.74, 6) is 49.0. The fraction of sp³-hybridized carbons (Fsp3) is 0.205. The van der Waals surface area contributed by atoms with Gasteiger partial charge in [-0.15, -0.1) is 24.2 Å². The van der Waals surface area contributed by atoms with Crippen molar-refractivity contribution in [2.45, 2.75) is 26.9 Å². The van der Waals surface area contributed by atoms with E-state index in [-0.39, 0.29) is 32.1 Å². The summed E-state index contributed by atoms with van der Waals surface area (Å²) < 4.78 is 17.6. The zero-order valence-electron chi connectivity index (χ0n) is 33.0. The summed E-state index contributed by atoms with van der Waals surface area (Å²) in [6.07, 6.45) is 11.2. The third-order valence-corrected chi connectivity index (χ3v) is 8.85. The lowest BCUT2D eigenvalue weighted by Gasteiger charge is -2.38. The first-order valence-electron chi connectivity index (χ1n) is 17.1. The van der Waals surface area contributed by atoms with Gasteiger partial charge in [-0.1, -0.05) is 24.0 Å². The molecule has 1 aliphatic heterocycles. The van der Waals surface area contributed by atoms with Gasteiger partial charge in [0.15, 0.2) is 5.65 Å². The Labute approximate surface area is 383 Å². The van der Waals surface area contributed by atoms with Crippen LogP contribution in [0.1, 0.15) is 38.6 Å². The number of aromatic nitrogens is 4. The van der Waals surface area contributed by atoms with Crippen molar-refractivity contribution >= 4 is 40.1 Å². The van der Waals surface area contributed by atoms with Crippen LogP contribution in [0.4, 0.5) is 0 Å². The second-order valence-electron chi connectivity index (χ2n) is 11.7. The predicted molar refractivity (Wildman–Crippen MR) is 257 cm³/mol. The summed E-state index contributed by atoms with van der Waals surface area (Å²) in [4.78, 5) is 23.1.